The Hall–Kier alpha value is -1.65. The van der Waals surface area contributed by atoms with Gasteiger partial charge in [0.2, 0.25) is 5.91 Å². The third-order valence-electron chi connectivity index (χ3n) is 3.86. The summed E-state index contributed by atoms with van der Waals surface area (Å²) in [5.74, 6) is 1.42. The maximum Gasteiger partial charge on any atom is 0.223 e. The van der Waals surface area contributed by atoms with Crippen LogP contribution < -0.4 is 5.32 Å². The van der Waals surface area contributed by atoms with Crippen molar-refractivity contribution >= 4 is 11.7 Å². The lowest BCUT2D eigenvalue weighted by Gasteiger charge is -2.26. The van der Waals surface area contributed by atoms with Crippen molar-refractivity contribution < 1.29 is 4.79 Å². The Bertz CT molecular complexity index is 464. The number of carbonyl (C=O) groups excluding carboxylic acids is 1. The molecule has 1 atom stereocenters. The Morgan fingerprint density at radius 1 is 1.35 bits per heavy atom. The van der Waals surface area contributed by atoms with E-state index in [2.05, 4.69) is 36.1 Å². The highest BCUT2D eigenvalue weighted by Gasteiger charge is 2.36. The predicted octanol–water partition coefficient (Wildman–Crippen LogP) is 2.30. The number of hydrogen-bond donors (Lipinski definition) is 1. The molecule has 20 heavy (non-hydrogen) atoms. The first-order valence-corrected chi connectivity index (χ1v) is 7.22. The van der Waals surface area contributed by atoms with E-state index in [9.17, 15) is 4.79 Å². The molecule has 1 unspecified atom stereocenters. The molecular formula is C15H24N4O. The number of hydrogen-bond acceptors (Lipinski definition) is 4. The van der Waals surface area contributed by atoms with Gasteiger partial charge < -0.3 is 10.2 Å². The van der Waals surface area contributed by atoms with Gasteiger partial charge in [-0.3, -0.25) is 9.78 Å². The average molecular weight is 276 g/mol. The van der Waals surface area contributed by atoms with Crippen LogP contribution in [0.4, 0.5) is 5.82 Å². The molecule has 0 spiro atoms. The summed E-state index contributed by atoms with van der Waals surface area (Å²) < 4.78 is 0. The van der Waals surface area contributed by atoms with E-state index in [0.29, 0.717) is 18.9 Å². The van der Waals surface area contributed by atoms with Crippen LogP contribution in [-0.4, -0.2) is 33.9 Å². The smallest absolute Gasteiger partial charge is 0.223 e. The second-order valence-corrected chi connectivity index (χ2v) is 6.46. The van der Waals surface area contributed by atoms with Crippen LogP contribution in [0.15, 0.2) is 12.4 Å². The van der Waals surface area contributed by atoms with Crippen molar-refractivity contribution in [2.45, 2.75) is 40.7 Å². The van der Waals surface area contributed by atoms with E-state index in [1.165, 1.54) is 0 Å². The molecule has 1 N–H and O–H groups in total. The summed E-state index contributed by atoms with van der Waals surface area (Å²) in [5.41, 5.74) is 1.01. The van der Waals surface area contributed by atoms with E-state index in [4.69, 9.17) is 0 Å². The molecule has 1 aliphatic heterocycles. The maximum atomic E-state index is 12.1. The zero-order chi connectivity index (χ0) is 14.8. The molecule has 0 bridgehead atoms. The first kappa shape index (κ1) is 14.8. The van der Waals surface area contributed by atoms with Crippen molar-refractivity contribution in [2.75, 3.05) is 18.4 Å². The largest absolute Gasteiger partial charge is 0.369 e. The molecule has 5 heteroatoms. The van der Waals surface area contributed by atoms with Gasteiger partial charge in [0.15, 0.2) is 0 Å². The van der Waals surface area contributed by atoms with Crippen LogP contribution in [0, 0.1) is 11.3 Å². The van der Waals surface area contributed by atoms with Gasteiger partial charge in [0.25, 0.3) is 0 Å². The van der Waals surface area contributed by atoms with Crippen LogP contribution >= 0.6 is 0 Å². The first-order valence-electron chi connectivity index (χ1n) is 7.22. The summed E-state index contributed by atoms with van der Waals surface area (Å²) in [4.78, 5) is 22.6. The van der Waals surface area contributed by atoms with Crippen molar-refractivity contribution in [1.29, 1.82) is 0 Å². The minimum atomic E-state index is 0.172. The molecule has 110 valence electrons. The van der Waals surface area contributed by atoms with Crippen LogP contribution in [0.5, 0.6) is 0 Å². The Morgan fingerprint density at radius 3 is 2.60 bits per heavy atom. The van der Waals surface area contributed by atoms with Crippen molar-refractivity contribution in [1.82, 2.24) is 14.9 Å². The molecule has 1 aromatic heterocycles. The molecule has 1 aliphatic rings. The van der Waals surface area contributed by atoms with Crippen LogP contribution in [0.2, 0.25) is 0 Å². The number of carbonyl (C=O) groups is 1. The number of nitrogens with zero attached hydrogens (tertiary/aromatic N) is 3. The Labute approximate surface area is 120 Å². The number of rotatable bonds is 4. The number of likely N-dealkylation sites (tertiary alicyclic amines) is 1. The third-order valence-corrected chi connectivity index (χ3v) is 3.86. The number of nitrogens with one attached hydrogen (secondary N) is 1. The van der Waals surface area contributed by atoms with Crippen molar-refractivity contribution in [3.05, 3.63) is 18.1 Å². The van der Waals surface area contributed by atoms with Crippen molar-refractivity contribution in [3.63, 3.8) is 0 Å². The first-order chi connectivity index (χ1) is 9.40. The Morgan fingerprint density at radius 2 is 2.10 bits per heavy atom. The summed E-state index contributed by atoms with van der Waals surface area (Å²) >= 11 is 0. The fourth-order valence-corrected chi connectivity index (χ4v) is 2.41. The standard InChI is InChI=1S/C15H24N4O/c1-5-16-13-8-17-12(7-18-13)10-19-9-11(6-14(19)20)15(2,3)4/h7-8,11H,5-6,9-10H2,1-4H3,(H,16,18). The quantitative estimate of drug-likeness (QED) is 0.916. The van der Waals surface area contributed by atoms with Gasteiger partial charge in [0, 0.05) is 19.5 Å². The van der Waals surface area contributed by atoms with E-state index in [1.807, 2.05) is 11.8 Å². The topological polar surface area (TPSA) is 58.1 Å². The van der Waals surface area contributed by atoms with E-state index in [-0.39, 0.29) is 11.3 Å². The van der Waals surface area contributed by atoms with Crippen LogP contribution in [-0.2, 0) is 11.3 Å². The summed E-state index contributed by atoms with van der Waals surface area (Å²) in [7, 11) is 0. The van der Waals surface area contributed by atoms with Crippen LogP contribution in [0.1, 0.15) is 39.8 Å². The van der Waals surface area contributed by atoms with Crippen molar-refractivity contribution in [2.24, 2.45) is 11.3 Å². The highest BCUT2D eigenvalue weighted by atomic mass is 16.2. The fraction of sp³-hybridized carbons (Fsp3) is 0.667. The molecule has 1 saturated heterocycles. The maximum absolute atomic E-state index is 12.1. The molecule has 0 saturated carbocycles. The minimum absolute atomic E-state index is 0.172. The van der Waals surface area contributed by atoms with Gasteiger partial charge in [-0.1, -0.05) is 20.8 Å². The SMILES string of the molecule is CCNc1cnc(CN2CC(C(C)(C)C)CC2=O)cn1. The Balaban J connectivity index is 1.98. The normalized spacial score (nSPS) is 19.5. The van der Waals surface area contributed by atoms with Crippen molar-refractivity contribution in [3.8, 4) is 0 Å². The van der Waals surface area contributed by atoms with Crippen LogP contribution in [0.3, 0.4) is 0 Å². The van der Waals surface area contributed by atoms with Gasteiger partial charge >= 0.3 is 0 Å². The molecule has 1 amide bonds. The lowest BCUT2D eigenvalue weighted by atomic mass is 9.80. The van der Waals surface area contributed by atoms with Gasteiger partial charge in [-0.15, -0.1) is 0 Å². The molecule has 1 aromatic rings. The highest BCUT2D eigenvalue weighted by Crippen LogP contribution is 2.34. The second kappa shape index (κ2) is 5.77. The third kappa shape index (κ3) is 3.46. The van der Waals surface area contributed by atoms with E-state index >= 15 is 0 Å². The number of amides is 1. The minimum Gasteiger partial charge on any atom is -0.369 e. The molecule has 1 fully saturated rings. The van der Waals surface area contributed by atoms with E-state index in [0.717, 1.165) is 24.6 Å². The molecule has 0 aliphatic carbocycles. The van der Waals surface area contributed by atoms with Gasteiger partial charge in [-0.2, -0.15) is 0 Å². The summed E-state index contributed by atoms with van der Waals surface area (Å²) in [5, 5.41) is 3.11. The van der Waals surface area contributed by atoms with Gasteiger partial charge in [0.1, 0.15) is 5.82 Å². The second-order valence-electron chi connectivity index (χ2n) is 6.46. The molecule has 2 rings (SSSR count). The molecular weight excluding hydrogens is 252 g/mol. The summed E-state index contributed by atoms with van der Waals surface area (Å²) in [6, 6.07) is 0. The lowest BCUT2D eigenvalue weighted by molar-refractivity contribution is -0.128. The summed E-state index contributed by atoms with van der Waals surface area (Å²) in [6.45, 7) is 10.8. The molecule has 2 heterocycles. The van der Waals surface area contributed by atoms with Crippen LogP contribution in [0.25, 0.3) is 0 Å². The number of aromatic nitrogens is 2. The predicted molar refractivity (Wildman–Crippen MR) is 79.2 cm³/mol. The van der Waals surface area contributed by atoms with Gasteiger partial charge in [-0.05, 0) is 18.3 Å². The summed E-state index contributed by atoms with van der Waals surface area (Å²) in [6.07, 6.45) is 4.11. The highest BCUT2D eigenvalue weighted by molar-refractivity contribution is 5.78. The van der Waals surface area contributed by atoms with E-state index < -0.39 is 0 Å². The van der Waals surface area contributed by atoms with Gasteiger partial charge in [-0.25, -0.2) is 4.98 Å². The monoisotopic (exact) mass is 276 g/mol. The molecule has 0 aromatic carbocycles. The zero-order valence-corrected chi connectivity index (χ0v) is 12.8. The fourth-order valence-electron chi connectivity index (χ4n) is 2.41. The molecule has 5 nitrogen and oxygen atoms in total. The van der Waals surface area contributed by atoms with Gasteiger partial charge in [0.05, 0.1) is 24.6 Å². The number of anilines is 1. The lowest BCUT2D eigenvalue weighted by Crippen LogP contribution is -2.27. The Kier molecular flexibility index (Phi) is 4.26. The van der Waals surface area contributed by atoms with E-state index in [1.54, 1.807) is 12.4 Å². The average Bonchev–Trinajstić information content (AvgIpc) is 2.74. The zero-order valence-electron chi connectivity index (χ0n) is 12.8. The molecule has 0 radical (unpaired) electrons.